The number of hydrogen-bond donors (Lipinski definition) is 0. The van der Waals surface area contributed by atoms with Gasteiger partial charge in [0.2, 0.25) is 0 Å². The lowest BCUT2D eigenvalue weighted by atomic mass is 9.68. The minimum atomic E-state index is -0.490. The Labute approximate surface area is 393 Å². The highest BCUT2D eigenvalue weighted by atomic mass is 15.1. The summed E-state index contributed by atoms with van der Waals surface area (Å²) < 4.78 is 0. The fourth-order valence-corrected chi connectivity index (χ4v) is 12.7. The second-order valence-electron chi connectivity index (χ2n) is 22.4. The van der Waals surface area contributed by atoms with Crippen molar-refractivity contribution in [3.63, 3.8) is 0 Å². The van der Waals surface area contributed by atoms with Crippen LogP contribution in [0.3, 0.4) is 0 Å². The molecule has 0 radical (unpaired) electrons. The molecule has 1 nitrogen and oxygen atoms in total. The zero-order valence-corrected chi connectivity index (χ0v) is 40.0. The van der Waals surface area contributed by atoms with E-state index in [9.17, 15) is 0 Å². The quantitative estimate of drug-likeness (QED) is 0.167. The highest BCUT2D eigenvalue weighted by Crippen LogP contribution is 2.64. The molecule has 1 saturated carbocycles. The molecule has 0 heterocycles. The Hall–Kier alpha value is -6.44. The standard InChI is InChI=1S/C65H61N/c1-62(2,3)43-27-33-53-54-34-28-44(63(4,5)6)38-60(54)65(59(53)37-43)57-24-16-14-22-51(57)55-36-32-47(40-61(55)65)66(46-31-35-52-50-21-13-15-23-56(50)64(7,8)58(52)39-46)45-29-25-42(26-30-45)49-20-12-11-19-48(49)41-17-9-10-18-41/h11-16,19-41H,9-10,17-18H2,1-8H3. The van der Waals surface area contributed by atoms with Gasteiger partial charge < -0.3 is 4.90 Å². The van der Waals surface area contributed by atoms with E-state index in [0.29, 0.717) is 5.92 Å². The first-order valence-corrected chi connectivity index (χ1v) is 24.5. The van der Waals surface area contributed by atoms with Crippen molar-refractivity contribution >= 4 is 17.1 Å². The monoisotopic (exact) mass is 855 g/mol. The number of nitrogens with zero attached hydrogens (tertiary/aromatic N) is 1. The molecule has 0 atom stereocenters. The van der Waals surface area contributed by atoms with Gasteiger partial charge in [0.25, 0.3) is 0 Å². The van der Waals surface area contributed by atoms with Crippen molar-refractivity contribution in [3.8, 4) is 44.5 Å². The third-order valence-corrected chi connectivity index (χ3v) is 16.2. The van der Waals surface area contributed by atoms with Gasteiger partial charge in [-0.2, -0.15) is 0 Å². The molecule has 0 unspecified atom stereocenters. The van der Waals surface area contributed by atoms with Crippen LogP contribution in [-0.2, 0) is 21.7 Å². The number of fused-ring (bicyclic) bond motifs is 13. The van der Waals surface area contributed by atoms with Crippen molar-refractivity contribution in [1.29, 1.82) is 0 Å². The van der Waals surface area contributed by atoms with Crippen molar-refractivity contribution in [3.05, 3.63) is 220 Å². The number of anilines is 3. The van der Waals surface area contributed by atoms with Gasteiger partial charge in [0, 0.05) is 22.5 Å². The number of hydrogen-bond acceptors (Lipinski definition) is 1. The van der Waals surface area contributed by atoms with Crippen LogP contribution in [0.1, 0.15) is 137 Å². The van der Waals surface area contributed by atoms with Gasteiger partial charge >= 0.3 is 0 Å². The summed E-state index contributed by atoms with van der Waals surface area (Å²) in [5.74, 6) is 0.643. The molecule has 1 spiro atoms. The Kier molecular flexibility index (Phi) is 9.03. The van der Waals surface area contributed by atoms with Crippen molar-refractivity contribution in [1.82, 2.24) is 0 Å². The van der Waals surface area contributed by atoms with Crippen molar-refractivity contribution < 1.29 is 0 Å². The molecule has 1 fully saturated rings. The normalized spacial score (nSPS) is 16.1. The zero-order valence-electron chi connectivity index (χ0n) is 40.0. The molecule has 8 aromatic carbocycles. The first-order valence-electron chi connectivity index (χ1n) is 24.5. The summed E-state index contributed by atoms with van der Waals surface area (Å²) in [6.45, 7) is 18.9. The topological polar surface area (TPSA) is 3.24 Å². The lowest BCUT2D eigenvalue weighted by Crippen LogP contribution is -2.27. The maximum Gasteiger partial charge on any atom is 0.0726 e. The summed E-state index contributed by atoms with van der Waals surface area (Å²) in [5.41, 5.74) is 26.1. The second kappa shape index (κ2) is 14.5. The third kappa shape index (κ3) is 5.97. The summed E-state index contributed by atoms with van der Waals surface area (Å²) in [4.78, 5) is 2.54. The lowest BCUT2D eigenvalue weighted by Gasteiger charge is -2.34. The molecule has 66 heavy (non-hydrogen) atoms. The van der Waals surface area contributed by atoms with Crippen LogP contribution >= 0.6 is 0 Å². The van der Waals surface area contributed by atoms with E-state index in [4.69, 9.17) is 0 Å². The van der Waals surface area contributed by atoms with E-state index < -0.39 is 5.41 Å². The van der Waals surface area contributed by atoms with E-state index >= 15 is 0 Å². The molecule has 4 aliphatic carbocycles. The average Bonchev–Trinajstić information content (AvgIpc) is 4.08. The average molecular weight is 856 g/mol. The molecule has 8 aromatic rings. The summed E-state index contributed by atoms with van der Waals surface area (Å²) in [6, 6.07) is 66.3. The summed E-state index contributed by atoms with van der Waals surface area (Å²) >= 11 is 0. The van der Waals surface area contributed by atoms with Crippen LogP contribution in [0.4, 0.5) is 17.1 Å². The van der Waals surface area contributed by atoms with Crippen molar-refractivity contribution in [2.45, 2.75) is 109 Å². The largest absolute Gasteiger partial charge is 0.310 e. The summed E-state index contributed by atoms with van der Waals surface area (Å²) in [6.07, 6.45) is 5.23. The van der Waals surface area contributed by atoms with Gasteiger partial charge in [-0.25, -0.2) is 0 Å². The molecule has 0 saturated heterocycles. The Morgan fingerprint density at radius 3 is 1.39 bits per heavy atom. The summed E-state index contributed by atoms with van der Waals surface area (Å²) in [5, 5.41) is 0. The Bertz CT molecular complexity index is 3180. The predicted octanol–water partition coefficient (Wildman–Crippen LogP) is 17.7. The van der Waals surface area contributed by atoms with Crippen LogP contribution in [0, 0.1) is 0 Å². The zero-order chi connectivity index (χ0) is 45.3. The smallest absolute Gasteiger partial charge is 0.0726 e. The molecule has 0 aromatic heterocycles. The van der Waals surface area contributed by atoms with Gasteiger partial charge in [0.05, 0.1) is 5.41 Å². The Morgan fingerprint density at radius 1 is 0.394 bits per heavy atom. The molecule has 0 aliphatic heterocycles. The van der Waals surface area contributed by atoms with Gasteiger partial charge in [-0.05, 0) is 161 Å². The maximum atomic E-state index is 2.57. The van der Waals surface area contributed by atoms with Crippen LogP contribution in [0.2, 0.25) is 0 Å². The van der Waals surface area contributed by atoms with E-state index in [2.05, 4.69) is 230 Å². The van der Waals surface area contributed by atoms with Crippen LogP contribution < -0.4 is 4.90 Å². The SMILES string of the molecule is CC(C)(C)c1ccc2c(c1)C1(c3ccccc3-c3ccc(N(c4ccc(-c5ccccc5C5CCCC5)cc4)c4ccc5c(c4)C(C)(C)c4ccccc4-5)cc31)c1cc(C(C)(C)C)ccc1-2. The predicted molar refractivity (Wildman–Crippen MR) is 279 cm³/mol. The molecule has 0 N–H and O–H groups in total. The molecule has 4 aliphatic rings. The molecule has 12 rings (SSSR count). The molecular formula is C65H61N. The van der Waals surface area contributed by atoms with Crippen LogP contribution in [0.25, 0.3) is 44.5 Å². The van der Waals surface area contributed by atoms with E-state index in [-0.39, 0.29) is 16.2 Å². The Morgan fingerprint density at radius 2 is 0.818 bits per heavy atom. The molecule has 0 bridgehead atoms. The fraction of sp³-hybridized carbons (Fsp3) is 0.262. The molecule has 1 heteroatoms. The van der Waals surface area contributed by atoms with E-state index in [1.165, 1.54) is 132 Å². The summed E-state index contributed by atoms with van der Waals surface area (Å²) in [7, 11) is 0. The van der Waals surface area contributed by atoms with Gasteiger partial charge in [-0.15, -0.1) is 0 Å². The lowest BCUT2D eigenvalue weighted by molar-refractivity contribution is 0.586. The van der Waals surface area contributed by atoms with Crippen molar-refractivity contribution in [2.24, 2.45) is 0 Å². The first-order chi connectivity index (χ1) is 31.7. The van der Waals surface area contributed by atoms with E-state index in [1.54, 1.807) is 0 Å². The molecule has 0 amide bonds. The number of benzene rings is 8. The second-order valence-corrected chi connectivity index (χ2v) is 22.4. The van der Waals surface area contributed by atoms with E-state index in [0.717, 1.165) is 5.69 Å². The number of rotatable bonds is 5. The van der Waals surface area contributed by atoms with Gasteiger partial charge in [-0.1, -0.05) is 202 Å². The van der Waals surface area contributed by atoms with Crippen LogP contribution in [-0.4, -0.2) is 0 Å². The highest BCUT2D eigenvalue weighted by Gasteiger charge is 2.52. The minimum Gasteiger partial charge on any atom is -0.310 e. The van der Waals surface area contributed by atoms with Crippen LogP contribution in [0.5, 0.6) is 0 Å². The molecular weight excluding hydrogens is 795 g/mol. The fourth-order valence-electron chi connectivity index (χ4n) is 12.7. The highest BCUT2D eigenvalue weighted by molar-refractivity contribution is 5.97. The first kappa shape index (κ1) is 41.0. The van der Waals surface area contributed by atoms with Crippen LogP contribution in [0.15, 0.2) is 170 Å². The minimum absolute atomic E-state index is 0.00799. The molecule has 326 valence electrons. The Balaban J connectivity index is 1.10. The van der Waals surface area contributed by atoms with Gasteiger partial charge in [-0.3, -0.25) is 0 Å². The maximum absolute atomic E-state index is 2.57. The van der Waals surface area contributed by atoms with Crippen molar-refractivity contribution in [2.75, 3.05) is 4.90 Å². The van der Waals surface area contributed by atoms with Gasteiger partial charge in [0.1, 0.15) is 0 Å². The van der Waals surface area contributed by atoms with Gasteiger partial charge in [0.15, 0.2) is 0 Å². The van der Waals surface area contributed by atoms with E-state index in [1.807, 2.05) is 0 Å². The third-order valence-electron chi connectivity index (χ3n) is 16.2.